The Balaban J connectivity index is 2.30. The zero-order chi connectivity index (χ0) is 14.2. The number of hydrogen-bond donors (Lipinski definition) is 1. The number of hydrogen-bond acceptors (Lipinski definition) is 7. The van der Waals surface area contributed by atoms with Crippen LogP contribution in [0, 0.1) is 0 Å². The van der Waals surface area contributed by atoms with Crippen LogP contribution in [0.25, 0.3) is 0 Å². The molecule has 0 saturated carbocycles. The molecule has 1 fully saturated rings. The molecule has 0 aliphatic carbocycles. The van der Waals surface area contributed by atoms with E-state index in [1.165, 1.54) is 0 Å². The number of nitrogen functional groups attached to an aromatic ring is 1. The van der Waals surface area contributed by atoms with E-state index >= 15 is 0 Å². The van der Waals surface area contributed by atoms with Gasteiger partial charge in [-0.3, -0.25) is 0 Å². The third-order valence-electron chi connectivity index (χ3n) is 2.88. The second kappa shape index (κ2) is 4.80. The van der Waals surface area contributed by atoms with Crippen molar-refractivity contribution in [3.05, 3.63) is 0 Å². The number of nitrogens with two attached hydrogens (primary N) is 1. The van der Waals surface area contributed by atoms with Crippen molar-refractivity contribution in [2.45, 2.75) is 32.5 Å². The van der Waals surface area contributed by atoms with E-state index in [1.807, 2.05) is 25.9 Å². The first-order valence-electron chi connectivity index (χ1n) is 6.38. The third kappa shape index (κ3) is 3.23. The van der Waals surface area contributed by atoms with Gasteiger partial charge < -0.3 is 20.3 Å². The van der Waals surface area contributed by atoms with Crippen LogP contribution in [0.5, 0.6) is 0 Å². The first-order valence-corrected chi connectivity index (χ1v) is 6.38. The monoisotopic (exact) mass is 266 g/mol. The highest BCUT2D eigenvalue weighted by Crippen LogP contribution is 2.24. The van der Waals surface area contributed by atoms with Crippen LogP contribution in [0.4, 0.5) is 17.8 Å². The molecule has 19 heavy (non-hydrogen) atoms. The summed E-state index contributed by atoms with van der Waals surface area (Å²) in [6.45, 7) is 7.65. The average molecular weight is 266 g/mol. The molecule has 0 amide bonds. The molecule has 1 saturated heterocycles. The molecular weight excluding hydrogens is 244 g/mol. The summed E-state index contributed by atoms with van der Waals surface area (Å²) in [5.41, 5.74) is 5.53. The summed E-state index contributed by atoms with van der Waals surface area (Å²) >= 11 is 0. The predicted octanol–water partition coefficient (Wildman–Crippen LogP) is 0.523. The van der Waals surface area contributed by atoms with Crippen LogP contribution in [0.2, 0.25) is 0 Å². The number of anilines is 3. The maximum Gasteiger partial charge on any atom is 0.232 e. The van der Waals surface area contributed by atoms with Crippen LogP contribution >= 0.6 is 0 Å². The molecule has 1 aromatic rings. The molecule has 2 rings (SSSR count). The average Bonchev–Trinajstić information content (AvgIpc) is 2.25. The van der Waals surface area contributed by atoms with Gasteiger partial charge in [-0.2, -0.15) is 15.0 Å². The Labute approximate surface area is 113 Å². The van der Waals surface area contributed by atoms with E-state index in [4.69, 9.17) is 10.5 Å². The lowest BCUT2D eigenvalue weighted by atomic mass is 10.1. The van der Waals surface area contributed by atoms with Crippen molar-refractivity contribution in [1.29, 1.82) is 0 Å². The molecule has 0 spiro atoms. The second-order valence-corrected chi connectivity index (χ2v) is 5.76. The normalized spacial score (nSPS) is 22.4. The minimum atomic E-state index is -0.225. The molecular formula is C12H22N6O. The Kier molecular flexibility index (Phi) is 3.49. The van der Waals surface area contributed by atoms with E-state index in [1.54, 1.807) is 0 Å². The summed E-state index contributed by atoms with van der Waals surface area (Å²) in [4.78, 5) is 16.7. The quantitative estimate of drug-likeness (QED) is 0.836. The van der Waals surface area contributed by atoms with Gasteiger partial charge in [0.25, 0.3) is 0 Å². The molecule has 106 valence electrons. The van der Waals surface area contributed by atoms with Crippen LogP contribution in [0.3, 0.4) is 0 Å². The van der Waals surface area contributed by atoms with Gasteiger partial charge >= 0.3 is 0 Å². The number of morpholine rings is 1. The smallest absolute Gasteiger partial charge is 0.232 e. The van der Waals surface area contributed by atoms with Crippen molar-refractivity contribution in [1.82, 2.24) is 15.0 Å². The van der Waals surface area contributed by atoms with E-state index in [2.05, 4.69) is 33.7 Å². The van der Waals surface area contributed by atoms with E-state index in [9.17, 15) is 0 Å². The minimum absolute atomic E-state index is 0.129. The van der Waals surface area contributed by atoms with Gasteiger partial charge in [0, 0.05) is 27.2 Å². The molecule has 1 aliphatic heterocycles. The topological polar surface area (TPSA) is 80.4 Å². The molecule has 1 aliphatic rings. The largest absolute Gasteiger partial charge is 0.369 e. The van der Waals surface area contributed by atoms with Gasteiger partial charge in [0.15, 0.2) is 0 Å². The molecule has 0 aromatic carbocycles. The van der Waals surface area contributed by atoms with E-state index in [0.717, 1.165) is 13.1 Å². The maximum atomic E-state index is 5.88. The van der Waals surface area contributed by atoms with Gasteiger partial charge in [0.2, 0.25) is 17.8 Å². The van der Waals surface area contributed by atoms with Gasteiger partial charge in [-0.05, 0) is 20.8 Å². The maximum absolute atomic E-state index is 5.88. The Hall–Kier alpha value is -1.63. The Bertz CT molecular complexity index is 462. The van der Waals surface area contributed by atoms with Gasteiger partial charge in [-0.25, -0.2) is 0 Å². The fourth-order valence-electron chi connectivity index (χ4n) is 2.32. The Morgan fingerprint density at radius 1 is 1.32 bits per heavy atom. The van der Waals surface area contributed by atoms with E-state index in [0.29, 0.717) is 11.9 Å². The van der Waals surface area contributed by atoms with Gasteiger partial charge in [0.1, 0.15) is 0 Å². The Morgan fingerprint density at radius 3 is 2.58 bits per heavy atom. The van der Waals surface area contributed by atoms with Crippen LogP contribution in [0.1, 0.15) is 20.8 Å². The number of ether oxygens (including phenoxy) is 1. The number of nitrogens with zero attached hydrogens (tertiary/aromatic N) is 5. The fraction of sp³-hybridized carbons (Fsp3) is 0.750. The first-order chi connectivity index (χ1) is 8.77. The lowest BCUT2D eigenvalue weighted by molar-refractivity contribution is -0.0753. The highest BCUT2D eigenvalue weighted by Gasteiger charge is 2.32. The van der Waals surface area contributed by atoms with Gasteiger partial charge in [-0.15, -0.1) is 0 Å². The molecule has 2 heterocycles. The summed E-state index contributed by atoms with van der Waals surface area (Å²) in [7, 11) is 3.76. The number of rotatable bonds is 2. The SMILES string of the molecule is CC1CN(c2nc(N)nc(N(C)C)n2)CC(C)(C)O1. The zero-order valence-electron chi connectivity index (χ0n) is 12.2. The fourth-order valence-corrected chi connectivity index (χ4v) is 2.32. The minimum Gasteiger partial charge on any atom is -0.369 e. The van der Waals surface area contributed by atoms with Crippen LogP contribution < -0.4 is 15.5 Å². The van der Waals surface area contributed by atoms with Crippen molar-refractivity contribution >= 4 is 17.8 Å². The summed E-state index contributed by atoms with van der Waals surface area (Å²) in [6, 6.07) is 0. The number of aromatic nitrogens is 3. The van der Waals surface area contributed by atoms with Crippen LogP contribution in [-0.4, -0.2) is 53.8 Å². The lowest BCUT2D eigenvalue weighted by Gasteiger charge is -2.41. The molecule has 7 heteroatoms. The summed E-state index contributed by atoms with van der Waals surface area (Å²) < 4.78 is 5.88. The lowest BCUT2D eigenvalue weighted by Crippen LogP contribution is -2.52. The Morgan fingerprint density at radius 2 is 2.00 bits per heavy atom. The zero-order valence-corrected chi connectivity index (χ0v) is 12.2. The van der Waals surface area contributed by atoms with Crippen molar-refractivity contribution in [2.75, 3.05) is 42.7 Å². The molecule has 1 atom stereocenters. The molecule has 1 unspecified atom stereocenters. The van der Waals surface area contributed by atoms with Crippen LogP contribution in [0.15, 0.2) is 0 Å². The predicted molar refractivity (Wildman–Crippen MR) is 75.4 cm³/mol. The highest BCUT2D eigenvalue weighted by molar-refractivity contribution is 5.43. The van der Waals surface area contributed by atoms with E-state index in [-0.39, 0.29) is 17.7 Å². The van der Waals surface area contributed by atoms with E-state index < -0.39 is 0 Å². The molecule has 1 aromatic heterocycles. The summed E-state index contributed by atoms with van der Waals surface area (Å²) in [5.74, 6) is 1.42. The molecule has 7 nitrogen and oxygen atoms in total. The summed E-state index contributed by atoms with van der Waals surface area (Å²) in [6.07, 6.45) is 0.129. The van der Waals surface area contributed by atoms with Gasteiger partial charge in [-0.1, -0.05) is 0 Å². The van der Waals surface area contributed by atoms with Crippen molar-refractivity contribution in [2.24, 2.45) is 0 Å². The van der Waals surface area contributed by atoms with Crippen LogP contribution in [-0.2, 0) is 4.74 Å². The summed E-state index contributed by atoms with van der Waals surface area (Å²) in [5, 5.41) is 0. The second-order valence-electron chi connectivity index (χ2n) is 5.76. The van der Waals surface area contributed by atoms with Crippen molar-refractivity contribution < 1.29 is 4.74 Å². The first kappa shape index (κ1) is 13.8. The standard InChI is InChI=1S/C12H22N6O/c1-8-6-18(7-12(2,3)19-8)11-15-9(13)14-10(16-11)17(4)5/h8H,6-7H2,1-5H3,(H2,13,14,15,16). The molecule has 0 radical (unpaired) electrons. The van der Waals surface area contributed by atoms with Gasteiger partial charge in [0.05, 0.1) is 11.7 Å². The third-order valence-corrected chi connectivity index (χ3v) is 2.88. The molecule has 0 bridgehead atoms. The van der Waals surface area contributed by atoms with Crippen molar-refractivity contribution in [3.63, 3.8) is 0 Å². The van der Waals surface area contributed by atoms with Crippen molar-refractivity contribution in [3.8, 4) is 0 Å². The molecule has 2 N–H and O–H groups in total. The highest BCUT2D eigenvalue weighted by atomic mass is 16.5.